The third kappa shape index (κ3) is 4.29. The van der Waals surface area contributed by atoms with Gasteiger partial charge in [-0.1, -0.05) is 0 Å². The Morgan fingerprint density at radius 2 is 2.00 bits per heavy atom. The quantitative estimate of drug-likeness (QED) is 0.606. The van der Waals surface area contributed by atoms with Gasteiger partial charge in [0.15, 0.2) is 5.92 Å². The number of nitrogens with one attached hydrogen (secondary N) is 1. The van der Waals surface area contributed by atoms with Gasteiger partial charge in [0.25, 0.3) is 0 Å². The van der Waals surface area contributed by atoms with Crippen LogP contribution in [0.3, 0.4) is 0 Å². The Hall–Kier alpha value is -1.10. The molecule has 0 aliphatic carbocycles. The lowest BCUT2D eigenvalue weighted by Gasteiger charge is -2.26. The van der Waals surface area contributed by atoms with Crippen molar-refractivity contribution in [3.63, 3.8) is 0 Å². The Kier molecular flexibility index (Phi) is 5.14. The molecule has 1 rings (SSSR count). The molecule has 18 heavy (non-hydrogen) atoms. The van der Waals surface area contributed by atoms with Gasteiger partial charge in [-0.05, 0) is 47.1 Å². The molecule has 0 aromatic carbocycles. The van der Waals surface area contributed by atoms with Gasteiger partial charge in [0.1, 0.15) is 5.60 Å². The lowest BCUT2D eigenvalue weighted by atomic mass is 9.98. The van der Waals surface area contributed by atoms with E-state index in [0.717, 1.165) is 19.4 Å². The lowest BCUT2D eigenvalue weighted by Crippen LogP contribution is -2.44. The minimum absolute atomic E-state index is 0.168. The molecular formula is C13H23NO4. The molecule has 1 N–H and O–H groups in total. The van der Waals surface area contributed by atoms with Gasteiger partial charge in [0.2, 0.25) is 0 Å². The third-order valence-electron chi connectivity index (χ3n) is 2.70. The van der Waals surface area contributed by atoms with Crippen LogP contribution >= 0.6 is 0 Å². The van der Waals surface area contributed by atoms with Crippen molar-refractivity contribution in [2.75, 3.05) is 13.2 Å². The Morgan fingerprint density at radius 3 is 2.44 bits per heavy atom. The van der Waals surface area contributed by atoms with Gasteiger partial charge in [-0.25, -0.2) is 0 Å². The Bertz CT molecular complexity index is 303. The molecule has 5 heteroatoms. The lowest BCUT2D eigenvalue weighted by molar-refractivity contribution is -0.170. The summed E-state index contributed by atoms with van der Waals surface area (Å²) in [6.07, 6.45) is 1.76. The predicted octanol–water partition coefficient (Wildman–Crippen LogP) is 1.26. The number of ether oxygens (including phenoxy) is 2. The summed E-state index contributed by atoms with van der Waals surface area (Å²) in [5.41, 5.74) is -0.597. The minimum atomic E-state index is -0.855. The topological polar surface area (TPSA) is 64.6 Å². The Balaban J connectivity index is 2.76. The molecule has 0 bridgehead atoms. The maximum Gasteiger partial charge on any atom is 0.322 e. The molecule has 104 valence electrons. The smallest absolute Gasteiger partial charge is 0.322 e. The van der Waals surface area contributed by atoms with E-state index in [2.05, 4.69) is 5.32 Å². The standard InChI is InChI=1S/C13H23NO4/c1-5-17-11(15)10(9-7-6-8-14-9)12(16)18-13(2,3)4/h9-10,14H,5-8H2,1-4H3. The summed E-state index contributed by atoms with van der Waals surface area (Å²) in [6.45, 7) is 8.18. The van der Waals surface area contributed by atoms with Crippen molar-refractivity contribution in [2.24, 2.45) is 5.92 Å². The monoisotopic (exact) mass is 257 g/mol. The van der Waals surface area contributed by atoms with E-state index < -0.39 is 23.5 Å². The van der Waals surface area contributed by atoms with Gasteiger partial charge in [0, 0.05) is 6.04 Å². The summed E-state index contributed by atoms with van der Waals surface area (Å²) in [5, 5.41) is 3.16. The van der Waals surface area contributed by atoms with E-state index in [4.69, 9.17) is 9.47 Å². The van der Waals surface area contributed by atoms with Crippen molar-refractivity contribution in [1.82, 2.24) is 5.32 Å². The highest BCUT2D eigenvalue weighted by Gasteiger charge is 2.40. The maximum atomic E-state index is 12.1. The fourth-order valence-electron chi connectivity index (χ4n) is 2.02. The molecule has 1 saturated heterocycles. The number of carbonyl (C=O) groups is 2. The average Bonchev–Trinajstić information content (AvgIpc) is 2.68. The molecule has 1 heterocycles. The molecule has 0 aromatic rings. The van der Waals surface area contributed by atoms with Gasteiger partial charge < -0.3 is 14.8 Å². The van der Waals surface area contributed by atoms with Crippen molar-refractivity contribution >= 4 is 11.9 Å². The van der Waals surface area contributed by atoms with Crippen LogP contribution in [0.25, 0.3) is 0 Å². The fraction of sp³-hybridized carbons (Fsp3) is 0.846. The first-order valence-corrected chi connectivity index (χ1v) is 6.48. The molecule has 2 unspecified atom stereocenters. The van der Waals surface area contributed by atoms with Gasteiger partial charge in [-0.3, -0.25) is 9.59 Å². The molecule has 0 radical (unpaired) electrons. The van der Waals surface area contributed by atoms with E-state index >= 15 is 0 Å². The van der Waals surface area contributed by atoms with E-state index in [-0.39, 0.29) is 12.6 Å². The molecule has 1 aliphatic heterocycles. The SMILES string of the molecule is CCOC(=O)C(C(=O)OC(C)(C)C)C1CCCN1. The predicted molar refractivity (Wildman–Crippen MR) is 67.0 cm³/mol. The summed E-state index contributed by atoms with van der Waals surface area (Å²) in [5.74, 6) is -1.85. The van der Waals surface area contributed by atoms with Gasteiger partial charge >= 0.3 is 11.9 Å². The second kappa shape index (κ2) is 6.18. The maximum absolute atomic E-state index is 12.1. The fourth-order valence-corrected chi connectivity index (χ4v) is 2.02. The highest BCUT2D eigenvalue weighted by molar-refractivity contribution is 5.96. The van der Waals surface area contributed by atoms with E-state index in [9.17, 15) is 9.59 Å². The zero-order valence-corrected chi connectivity index (χ0v) is 11.6. The zero-order valence-electron chi connectivity index (χ0n) is 11.6. The number of rotatable bonds is 4. The average molecular weight is 257 g/mol. The Morgan fingerprint density at radius 1 is 1.33 bits per heavy atom. The van der Waals surface area contributed by atoms with E-state index in [1.54, 1.807) is 27.7 Å². The van der Waals surface area contributed by atoms with Crippen LogP contribution in [0.15, 0.2) is 0 Å². The number of hydrogen-bond acceptors (Lipinski definition) is 5. The third-order valence-corrected chi connectivity index (χ3v) is 2.70. The summed E-state index contributed by atoms with van der Waals surface area (Å²) in [7, 11) is 0. The van der Waals surface area contributed by atoms with Crippen LogP contribution in [-0.4, -0.2) is 36.7 Å². The normalized spacial score (nSPS) is 21.4. The number of carbonyl (C=O) groups excluding carboxylic acids is 2. The van der Waals surface area contributed by atoms with Crippen LogP contribution < -0.4 is 5.32 Å². The zero-order chi connectivity index (χ0) is 13.8. The van der Waals surface area contributed by atoms with E-state index in [1.165, 1.54) is 0 Å². The summed E-state index contributed by atoms with van der Waals surface area (Å²) in [4.78, 5) is 24.0. The van der Waals surface area contributed by atoms with Crippen molar-refractivity contribution in [3.8, 4) is 0 Å². The molecular weight excluding hydrogens is 234 g/mol. The largest absolute Gasteiger partial charge is 0.465 e. The first-order valence-electron chi connectivity index (χ1n) is 6.48. The van der Waals surface area contributed by atoms with Crippen LogP contribution in [0.5, 0.6) is 0 Å². The van der Waals surface area contributed by atoms with Crippen molar-refractivity contribution in [1.29, 1.82) is 0 Å². The summed E-state index contributed by atoms with van der Waals surface area (Å²) in [6, 6.07) is -0.168. The second-order valence-corrected chi connectivity index (χ2v) is 5.47. The number of esters is 2. The van der Waals surface area contributed by atoms with Crippen LogP contribution in [0.2, 0.25) is 0 Å². The number of hydrogen-bond donors (Lipinski definition) is 1. The first kappa shape index (κ1) is 15.0. The molecule has 0 saturated carbocycles. The van der Waals surface area contributed by atoms with Crippen molar-refractivity contribution in [2.45, 2.75) is 52.2 Å². The molecule has 5 nitrogen and oxygen atoms in total. The summed E-state index contributed by atoms with van der Waals surface area (Å²) >= 11 is 0. The minimum Gasteiger partial charge on any atom is -0.465 e. The van der Waals surface area contributed by atoms with Crippen LogP contribution in [0.1, 0.15) is 40.5 Å². The highest BCUT2D eigenvalue weighted by atomic mass is 16.6. The van der Waals surface area contributed by atoms with Crippen LogP contribution in [0.4, 0.5) is 0 Å². The molecule has 0 spiro atoms. The first-order chi connectivity index (χ1) is 8.35. The van der Waals surface area contributed by atoms with Gasteiger partial charge in [0.05, 0.1) is 6.61 Å². The van der Waals surface area contributed by atoms with E-state index in [0.29, 0.717) is 0 Å². The Labute approximate surface area is 108 Å². The van der Waals surface area contributed by atoms with Crippen LogP contribution in [0, 0.1) is 5.92 Å². The molecule has 2 atom stereocenters. The van der Waals surface area contributed by atoms with E-state index in [1.807, 2.05) is 0 Å². The van der Waals surface area contributed by atoms with Crippen molar-refractivity contribution < 1.29 is 19.1 Å². The van der Waals surface area contributed by atoms with Gasteiger partial charge in [-0.2, -0.15) is 0 Å². The molecule has 0 amide bonds. The molecule has 1 fully saturated rings. The second-order valence-electron chi connectivity index (χ2n) is 5.47. The molecule has 0 aromatic heterocycles. The summed E-state index contributed by atoms with van der Waals surface area (Å²) < 4.78 is 10.3. The highest BCUT2D eigenvalue weighted by Crippen LogP contribution is 2.21. The van der Waals surface area contributed by atoms with Crippen LogP contribution in [-0.2, 0) is 19.1 Å². The molecule has 1 aliphatic rings. The van der Waals surface area contributed by atoms with Gasteiger partial charge in [-0.15, -0.1) is 0 Å². The van der Waals surface area contributed by atoms with Crippen molar-refractivity contribution in [3.05, 3.63) is 0 Å².